The van der Waals surface area contributed by atoms with Gasteiger partial charge < -0.3 is 9.64 Å². The minimum absolute atomic E-state index is 0.201. The van der Waals surface area contributed by atoms with Gasteiger partial charge in [0, 0.05) is 18.3 Å². The van der Waals surface area contributed by atoms with Gasteiger partial charge in [0.2, 0.25) is 0 Å². The van der Waals surface area contributed by atoms with Crippen molar-refractivity contribution in [3.63, 3.8) is 0 Å². The van der Waals surface area contributed by atoms with Crippen LogP contribution in [0.25, 0.3) is 0 Å². The van der Waals surface area contributed by atoms with Gasteiger partial charge >= 0.3 is 6.09 Å². The number of carbonyl (C=O) groups excluding carboxylic acids is 1. The highest BCUT2D eigenvalue weighted by molar-refractivity contribution is 9.10. The number of ether oxygens (including phenoxy) is 1. The molecule has 116 valence electrons. The van der Waals surface area contributed by atoms with Gasteiger partial charge in [0.1, 0.15) is 10.2 Å². The molecule has 0 aliphatic carbocycles. The summed E-state index contributed by atoms with van der Waals surface area (Å²) in [4.78, 5) is 18.5. The molecule has 1 fully saturated rings. The Bertz CT molecular complexity index is 505. The minimum atomic E-state index is -0.441. The van der Waals surface area contributed by atoms with Gasteiger partial charge in [-0.15, -0.1) is 11.8 Å². The maximum Gasteiger partial charge on any atom is 0.410 e. The van der Waals surface area contributed by atoms with Gasteiger partial charge in [-0.25, -0.2) is 9.78 Å². The van der Waals surface area contributed by atoms with Crippen molar-refractivity contribution in [3.05, 3.63) is 22.8 Å². The zero-order valence-corrected chi connectivity index (χ0v) is 15.0. The van der Waals surface area contributed by atoms with Crippen LogP contribution in [0.4, 0.5) is 4.79 Å². The molecule has 1 aromatic heterocycles. The monoisotopic (exact) mass is 372 g/mol. The fourth-order valence-electron chi connectivity index (χ4n) is 2.22. The number of carbonyl (C=O) groups is 1. The van der Waals surface area contributed by atoms with E-state index < -0.39 is 5.60 Å². The highest BCUT2D eigenvalue weighted by Gasteiger charge is 2.32. The number of thioether (sulfide) groups is 1. The highest BCUT2D eigenvalue weighted by Crippen LogP contribution is 2.27. The van der Waals surface area contributed by atoms with Gasteiger partial charge in [-0.1, -0.05) is 6.07 Å². The molecule has 0 N–H and O–H groups in total. The van der Waals surface area contributed by atoms with E-state index in [-0.39, 0.29) is 12.1 Å². The predicted octanol–water partition coefficient (Wildman–Crippen LogP) is 4.34. The van der Waals surface area contributed by atoms with E-state index >= 15 is 0 Å². The molecule has 1 aromatic rings. The van der Waals surface area contributed by atoms with Gasteiger partial charge in [0.25, 0.3) is 0 Å². The number of nitrogens with zero attached hydrogens (tertiary/aromatic N) is 2. The Balaban J connectivity index is 1.91. The Labute approximate surface area is 138 Å². The summed E-state index contributed by atoms with van der Waals surface area (Å²) in [5.74, 6) is 0.850. The minimum Gasteiger partial charge on any atom is -0.444 e. The SMILES string of the molecule is CC(C)(C)OC(=O)N1CCCC1CSc1cccc(Br)n1. The van der Waals surface area contributed by atoms with Gasteiger partial charge in [0.05, 0.1) is 5.03 Å². The molecular weight excluding hydrogens is 352 g/mol. The number of hydrogen-bond donors (Lipinski definition) is 0. The van der Waals surface area contributed by atoms with Crippen LogP contribution in [0.1, 0.15) is 33.6 Å². The lowest BCUT2D eigenvalue weighted by Crippen LogP contribution is -2.40. The molecule has 2 rings (SSSR count). The van der Waals surface area contributed by atoms with Crippen molar-refractivity contribution in [2.45, 2.75) is 50.3 Å². The van der Waals surface area contributed by atoms with Gasteiger partial charge in [-0.2, -0.15) is 0 Å². The van der Waals surface area contributed by atoms with E-state index in [0.29, 0.717) is 0 Å². The standard InChI is InChI=1S/C15H21BrN2O2S/c1-15(2,3)20-14(19)18-9-5-6-11(18)10-21-13-8-4-7-12(16)17-13/h4,7-8,11H,5-6,9-10H2,1-3H3. The van der Waals surface area contributed by atoms with Gasteiger partial charge in [-0.05, 0) is 61.7 Å². The number of amides is 1. The van der Waals surface area contributed by atoms with Gasteiger partial charge in [-0.3, -0.25) is 0 Å². The third-order valence-corrected chi connectivity index (χ3v) is 4.63. The number of hydrogen-bond acceptors (Lipinski definition) is 4. The second-order valence-electron chi connectivity index (χ2n) is 6.08. The predicted molar refractivity (Wildman–Crippen MR) is 88.6 cm³/mol. The molecular formula is C15H21BrN2O2S. The summed E-state index contributed by atoms with van der Waals surface area (Å²) in [6.07, 6.45) is 1.86. The van der Waals surface area contributed by atoms with Crippen LogP contribution in [0, 0.1) is 0 Å². The Kier molecular flexibility index (Phi) is 5.54. The summed E-state index contributed by atoms with van der Waals surface area (Å²) in [6, 6.07) is 6.10. The topological polar surface area (TPSA) is 42.4 Å². The van der Waals surface area contributed by atoms with Crippen LogP contribution in [-0.4, -0.2) is 39.9 Å². The fourth-order valence-corrected chi connectivity index (χ4v) is 3.73. The largest absolute Gasteiger partial charge is 0.444 e. The molecule has 1 aliphatic rings. The lowest BCUT2D eigenvalue weighted by Gasteiger charge is -2.28. The lowest BCUT2D eigenvalue weighted by molar-refractivity contribution is 0.0242. The maximum atomic E-state index is 12.2. The molecule has 1 aliphatic heterocycles. The van der Waals surface area contributed by atoms with Crippen molar-refractivity contribution in [1.29, 1.82) is 0 Å². The molecule has 0 aromatic carbocycles. The van der Waals surface area contributed by atoms with Crippen LogP contribution in [0.5, 0.6) is 0 Å². The fraction of sp³-hybridized carbons (Fsp3) is 0.600. The van der Waals surface area contributed by atoms with Crippen LogP contribution in [0.3, 0.4) is 0 Å². The van der Waals surface area contributed by atoms with Crippen molar-refractivity contribution in [2.24, 2.45) is 0 Å². The normalized spacial score (nSPS) is 18.9. The first-order valence-electron chi connectivity index (χ1n) is 7.10. The molecule has 6 heteroatoms. The number of likely N-dealkylation sites (tertiary alicyclic amines) is 1. The summed E-state index contributed by atoms with van der Waals surface area (Å²) in [6.45, 7) is 6.48. The first kappa shape index (κ1) is 16.6. The molecule has 0 saturated carbocycles. The summed E-state index contributed by atoms with van der Waals surface area (Å²) in [5.41, 5.74) is -0.441. The quantitative estimate of drug-likeness (QED) is 0.584. The van der Waals surface area contributed by atoms with E-state index in [2.05, 4.69) is 20.9 Å². The average Bonchev–Trinajstić information content (AvgIpc) is 2.83. The zero-order valence-electron chi connectivity index (χ0n) is 12.6. The van der Waals surface area contributed by atoms with Crippen molar-refractivity contribution in [3.8, 4) is 0 Å². The highest BCUT2D eigenvalue weighted by atomic mass is 79.9. The molecule has 0 spiro atoms. The van der Waals surface area contributed by atoms with E-state index in [4.69, 9.17) is 4.74 Å². The van der Waals surface area contributed by atoms with Crippen molar-refractivity contribution < 1.29 is 9.53 Å². The van der Waals surface area contributed by atoms with E-state index in [1.165, 1.54) is 0 Å². The zero-order chi connectivity index (χ0) is 15.5. The van der Waals surface area contributed by atoms with Crippen molar-refractivity contribution in [1.82, 2.24) is 9.88 Å². The third-order valence-electron chi connectivity index (χ3n) is 3.12. The van der Waals surface area contributed by atoms with Gasteiger partial charge in [0.15, 0.2) is 0 Å². The summed E-state index contributed by atoms with van der Waals surface area (Å²) in [7, 11) is 0. The lowest BCUT2D eigenvalue weighted by atomic mass is 10.2. The average molecular weight is 373 g/mol. The Morgan fingerprint density at radius 2 is 2.29 bits per heavy atom. The third kappa shape index (κ3) is 5.18. The summed E-state index contributed by atoms with van der Waals surface area (Å²) >= 11 is 5.06. The Morgan fingerprint density at radius 1 is 1.52 bits per heavy atom. The molecule has 4 nitrogen and oxygen atoms in total. The Hall–Kier alpha value is -0.750. The van der Waals surface area contributed by atoms with E-state index in [9.17, 15) is 4.79 Å². The first-order valence-corrected chi connectivity index (χ1v) is 8.88. The molecule has 2 heterocycles. The molecule has 1 atom stereocenters. The molecule has 0 bridgehead atoms. The van der Waals surface area contributed by atoms with Crippen molar-refractivity contribution in [2.75, 3.05) is 12.3 Å². The van der Waals surface area contributed by atoms with Crippen LogP contribution in [0.2, 0.25) is 0 Å². The number of aromatic nitrogens is 1. The summed E-state index contributed by atoms with van der Waals surface area (Å²) < 4.78 is 6.31. The smallest absolute Gasteiger partial charge is 0.410 e. The van der Waals surface area contributed by atoms with Crippen molar-refractivity contribution >= 4 is 33.8 Å². The summed E-state index contributed by atoms with van der Waals surface area (Å²) in [5, 5.41) is 0.973. The van der Waals surface area contributed by atoms with Crippen LogP contribution in [0.15, 0.2) is 27.8 Å². The second kappa shape index (κ2) is 7.01. The van der Waals surface area contributed by atoms with E-state index in [1.807, 2.05) is 43.9 Å². The number of pyridine rings is 1. The molecule has 1 saturated heterocycles. The molecule has 21 heavy (non-hydrogen) atoms. The molecule has 1 unspecified atom stereocenters. The molecule has 1 amide bonds. The molecule has 0 radical (unpaired) electrons. The van der Waals surface area contributed by atoms with E-state index in [0.717, 1.165) is 34.8 Å². The van der Waals surface area contributed by atoms with Crippen LogP contribution < -0.4 is 0 Å². The van der Waals surface area contributed by atoms with E-state index in [1.54, 1.807) is 11.8 Å². The number of rotatable bonds is 3. The number of halogens is 1. The maximum absolute atomic E-state index is 12.2. The van der Waals surface area contributed by atoms with Crippen LogP contribution >= 0.6 is 27.7 Å². The Morgan fingerprint density at radius 3 is 2.95 bits per heavy atom. The second-order valence-corrected chi connectivity index (χ2v) is 7.93. The first-order chi connectivity index (χ1) is 9.85. The van der Waals surface area contributed by atoms with Crippen LogP contribution in [-0.2, 0) is 4.74 Å².